The molecule has 0 aromatic carbocycles. The number of nitrogens with one attached hydrogen (secondary N) is 1. The van der Waals surface area contributed by atoms with Gasteiger partial charge in [0.2, 0.25) is 5.91 Å². The molecule has 0 spiro atoms. The van der Waals surface area contributed by atoms with Gasteiger partial charge in [0.15, 0.2) is 11.0 Å². The molecule has 2 heterocycles. The van der Waals surface area contributed by atoms with Crippen molar-refractivity contribution in [3.05, 3.63) is 23.9 Å². The number of carbonyl (C=O) groups is 1. The number of hydrogen-bond acceptors (Lipinski definition) is 4. The molecule has 1 aromatic heterocycles. The fourth-order valence-electron chi connectivity index (χ4n) is 1.41. The number of pyridine rings is 1. The van der Waals surface area contributed by atoms with Crippen molar-refractivity contribution in [2.75, 3.05) is 0 Å². The van der Waals surface area contributed by atoms with Gasteiger partial charge >= 0.3 is 0 Å². The summed E-state index contributed by atoms with van der Waals surface area (Å²) in [5.41, 5.74) is 1.11. The van der Waals surface area contributed by atoms with Crippen LogP contribution in [0.25, 0.3) is 0 Å². The number of aromatic nitrogens is 1. The van der Waals surface area contributed by atoms with E-state index in [2.05, 4.69) is 15.3 Å². The molecular weight excluding hydrogens is 222 g/mol. The zero-order valence-corrected chi connectivity index (χ0v) is 10.0. The normalized spacial score (nSPS) is 22.5. The third-order valence-electron chi connectivity index (χ3n) is 2.26. The Hall–Kier alpha value is -1.36. The highest BCUT2D eigenvalue weighted by Gasteiger charge is 2.28. The molecule has 1 amide bonds. The van der Waals surface area contributed by atoms with Crippen LogP contribution in [-0.4, -0.2) is 21.3 Å². The van der Waals surface area contributed by atoms with Gasteiger partial charge < -0.3 is 5.32 Å². The molecule has 1 aliphatic rings. The average Bonchev–Trinajstić information content (AvgIpc) is 2.58. The number of thioether (sulfide) groups is 1. The van der Waals surface area contributed by atoms with Crippen molar-refractivity contribution >= 4 is 28.7 Å². The molecule has 1 fully saturated rings. The van der Waals surface area contributed by atoms with Crippen molar-refractivity contribution in [3.8, 4) is 0 Å². The molecule has 1 unspecified atom stereocenters. The lowest BCUT2D eigenvalue weighted by Crippen LogP contribution is -2.24. The van der Waals surface area contributed by atoms with Crippen LogP contribution in [-0.2, 0) is 4.79 Å². The van der Waals surface area contributed by atoms with Gasteiger partial charge in [-0.3, -0.25) is 4.79 Å². The predicted octanol–water partition coefficient (Wildman–Crippen LogP) is 2.02. The first-order chi connectivity index (χ1) is 7.69. The van der Waals surface area contributed by atoms with E-state index in [4.69, 9.17) is 0 Å². The number of aryl methyl sites for hydroxylation is 1. The van der Waals surface area contributed by atoms with Gasteiger partial charge in [-0.2, -0.15) is 0 Å². The highest BCUT2D eigenvalue weighted by molar-refractivity contribution is 8.15. The van der Waals surface area contributed by atoms with Gasteiger partial charge in [0, 0.05) is 6.20 Å². The fourth-order valence-corrected chi connectivity index (χ4v) is 2.32. The maximum Gasteiger partial charge on any atom is 0.239 e. The molecule has 0 saturated carbocycles. The van der Waals surface area contributed by atoms with Crippen LogP contribution in [0.5, 0.6) is 0 Å². The lowest BCUT2D eigenvalue weighted by Gasteiger charge is -1.97. The molecule has 4 nitrogen and oxygen atoms in total. The van der Waals surface area contributed by atoms with Gasteiger partial charge in [-0.1, -0.05) is 18.7 Å². The van der Waals surface area contributed by atoms with E-state index < -0.39 is 0 Å². The van der Waals surface area contributed by atoms with Crippen LogP contribution in [0, 0.1) is 6.92 Å². The topological polar surface area (TPSA) is 54.4 Å². The van der Waals surface area contributed by atoms with Gasteiger partial charge in [0.25, 0.3) is 0 Å². The van der Waals surface area contributed by atoms with Crippen molar-refractivity contribution in [3.63, 3.8) is 0 Å². The van der Waals surface area contributed by atoms with Crippen LogP contribution < -0.4 is 5.32 Å². The molecule has 1 aliphatic heterocycles. The van der Waals surface area contributed by atoms with E-state index >= 15 is 0 Å². The summed E-state index contributed by atoms with van der Waals surface area (Å²) in [6.45, 7) is 3.98. The second-order valence-electron chi connectivity index (χ2n) is 3.61. The molecular formula is C11H13N3OS. The largest absolute Gasteiger partial charge is 0.304 e. The maximum absolute atomic E-state index is 11.4. The molecule has 1 N–H and O–H groups in total. The van der Waals surface area contributed by atoms with Crippen LogP contribution in [0.15, 0.2) is 23.3 Å². The third-order valence-corrected chi connectivity index (χ3v) is 3.51. The lowest BCUT2D eigenvalue weighted by atomic mass is 10.3. The Morgan fingerprint density at radius 1 is 1.62 bits per heavy atom. The smallest absolute Gasteiger partial charge is 0.239 e. The summed E-state index contributed by atoms with van der Waals surface area (Å²) in [5.74, 6) is 0.679. The van der Waals surface area contributed by atoms with Crippen LogP contribution in [0.2, 0.25) is 0 Å². The van der Waals surface area contributed by atoms with E-state index in [-0.39, 0.29) is 11.2 Å². The van der Waals surface area contributed by atoms with E-state index in [0.29, 0.717) is 11.0 Å². The van der Waals surface area contributed by atoms with Crippen molar-refractivity contribution in [1.29, 1.82) is 0 Å². The Balaban J connectivity index is 2.17. The Labute approximate surface area is 98.6 Å². The highest BCUT2D eigenvalue weighted by atomic mass is 32.2. The van der Waals surface area contributed by atoms with Gasteiger partial charge in [0.05, 0.1) is 5.25 Å². The molecule has 0 radical (unpaired) electrons. The standard InChI is InChI=1S/C11H13N3OS/c1-3-8-10(15)14-11(16-8)13-9-6-7(2)4-5-12-9/h4-6,8H,3H2,1-2H3,(H,12,13,14,15). The highest BCUT2D eigenvalue weighted by Crippen LogP contribution is 2.24. The van der Waals surface area contributed by atoms with Gasteiger partial charge in [-0.05, 0) is 31.0 Å². The molecule has 0 aliphatic carbocycles. The first-order valence-electron chi connectivity index (χ1n) is 5.18. The predicted molar refractivity (Wildman–Crippen MR) is 65.9 cm³/mol. The fraction of sp³-hybridized carbons (Fsp3) is 0.364. The van der Waals surface area contributed by atoms with Gasteiger partial charge in [-0.15, -0.1) is 0 Å². The molecule has 16 heavy (non-hydrogen) atoms. The Morgan fingerprint density at radius 2 is 2.44 bits per heavy atom. The van der Waals surface area contributed by atoms with E-state index in [0.717, 1.165) is 12.0 Å². The summed E-state index contributed by atoms with van der Waals surface area (Å²) in [6.07, 6.45) is 2.53. The first-order valence-corrected chi connectivity index (χ1v) is 6.06. The Kier molecular flexibility index (Phi) is 3.24. The van der Waals surface area contributed by atoms with Crippen molar-refractivity contribution in [2.24, 2.45) is 4.99 Å². The van der Waals surface area contributed by atoms with E-state index in [1.165, 1.54) is 11.8 Å². The quantitative estimate of drug-likeness (QED) is 0.853. The molecule has 1 atom stereocenters. The van der Waals surface area contributed by atoms with Crippen LogP contribution in [0.4, 0.5) is 5.82 Å². The minimum Gasteiger partial charge on any atom is -0.304 e. The number of aliphatic imine (C=N–C) groups is 1. The van der Waals surface area contributed by atoms with Crippen LogP contribution in [0.3, 0.4) is 0 Å². The minimum atomic E-state index is -0.0106. The zero-order chi connectivity index (χ0) is 11.5. The lowest BCUT2D eigenvalue weighted by molar-refractivity contribution is -0.118. The SMILES string of the molecule is CCC1SC(=Nc2cc(C)ccn2)NC1=O. The number of amidine groups is 1. The van der Waals surface area contributed by atoms with Crippen molar-refractivity contribution in [1.82, 2.24) is 10.3 Å². The first kappa shape index (κ1) is 11.1. The van der Waals surface area contributed by atoms with E-state index in [9.17, 15) is 4.79 Å². The summed E-state index contributed by atoms with van der Waals surface area (Å²) in [7, 11) is 0. The molecule has 1 saturated heterocycles. The number of rotatable bonds is 2. The molecule has 84 valence electrons. The number of hydrogen-bond donors (Lipinski definition) is 1. The summed E-state index contributed by atoms with van der Waals surface area (Å²) in [6, 6.07) is 3.80. The maximum atomic E-state index is 11.4. The number of carbonyl (C=O) groups excluding carboxylic acids is 1. The average molecular weight is 235 g/mol. The van der Waals surface area contributed by atoms with Gasteiger partial charge in [0.1, 0.15) is 0 Å². The third kappa shape index (κ3) is 2.41. The van der Waals surface area contributed by atoms with Crippen LogP contribution >= 0.6 is 11.8 Å². The Morgan fingerprint density at radius 3 is 3.06 bits per heavy atom. The molecule has 2 rings (SSSR count). The van der Waals surface area contributed by atoms with Gasteiger partial charge in [-0.25, -0.2) is 9.98 Å². The number of nitrogens with zero attached hydrogens (tertiary/aromatic N) is 2. The zero-order valence-electron chi connectivity index (χ0n) is 9.23. The van der Waals surface area contributed by atoms with Crippen molar-refractivity contribution < 1.29 is 4.79 Å². The monoisotopic (exact) mass is 235 g/mol. The summed E-state index contributed by atoms with van der Waals surface area (Å²) >= 11 is 1.47. The van der Waals surface area contributed by atoms with E-state index in [1.807, 2.05) is 26.0 Å². The second-order valence-corrected chi connectivity index (χ2v) is 4.80. The summed E-state index contributed by atoms with van der Waals surface area (Å²) in [5, 5.41) is 3.39. The second kappa shape index (κ2) is 4.65. The molecule has 5 heteroatoms. The molecule has 1 aromatic rings. The molecule has 0 bridgehead atoms. The van der Waals surface area contributed by atoms with Crippen molar-refractivity contribution in [2.45, 2.75) is 25.5 Å². The number of amides is 1. The Bertz CT molecular complexity index is 445. The van der Waals surface area contributed by atoms with Crippen LogP contribution in [0.1, 0.15) is 18.9 Å². The summed E-state index contributed by atoms with van der Waals surface area (Å²) < 4.78 is 0. The minimum absolute atomic E-state index is 0.0106. The van der Waals surface area contributed by atoms with E-state index in [1.54, 1.807) is 6.20 Å². The summed E-state index contributed by atoms with van der Waals surface area (Å²) in [4.78, 5) is 19.9.